The maximum atomic E-state index is 13.5. The number of hydrogen-bond acceptors (Lipinski definition) is 2. The van der Waals surface area contributed by atoms with Crippen LogP contribution in [0.1, 0.15) is 30.0 Å². The number of carbonyl (C=O) groups excluding carboxylic acids is 2. The van der Waals surface area contributed by atoms with Crippen molar-refractivity contribution in [3.05, 3.63) is 107 Å². The van der Waals surface area contributed by atoms with Crippen molar-refractivity contribution in [2.75, 3.05) is 6.54 Å². The van der Waals surface area contributed by atoms with E-state index in [1.165, 1.54) is 0 Å². The molecule has 1 N–H and O–H groups in total. The van der Waals surface area contributed by atoms with Crippen LogP contribution in [0.2, 0.25) is 5.02 Å². The molecule has 166 valence electrons. The Bertz CT molecular complexity index is 1010. The first kappa shape index (κ1) is 23.6. The molecule has 2 amide bonds. The van der Waals surface area contributed by atoms with Gasteiger partial charge in [0.05, 0.1) is 6.42 Å². The Kier molecular flexibility index (Phi) is 8.88. The highest BCUT2D eigenvalue weighted by atomic mass is 35.5. The van der Waals surface area contributed by atoms with E-state index in [0.29, 0.717) is 24.5 Å². The Hall–Kier alpha value is -3.11. The van der Waals surface area contributed by atoms with Crippen molar-refractivity contribution >= 4 is 23.4 Å². The van der Waals surface area contributed by atoms with Crippen molar-refractivity contribution in [3.8, 4) is 0 Å². The van der Waals surface area contributed by atoms with Gasteiger partial charge in [-0.1, -0.05) is 91.3 Å². The van der Waals surface area contributed by atoms with Crippen molar-refractivity contribution in [1.82, 2.24) is 10.2 Å². The van der Waals surface area contributed by atoms with Crippen molar-refractivity contribution in [3.63, 3.8) is 0 Å². The van der Waals surface area contributed by atoms with E-state index < -0.39 is 6.04 Å². The van der Waals surface area contributed by atoms with Crippen LogP contribution in [0.3, 0.4) is 0 Å². The van der Waals surface area contributed by atoms with Crippen molar-refractivity contribution in [1.29, 1.82) is 0 Å². The predicted octanol–water partition coefficient (Wildman–Crippen LogP) is 5.05. The molecule has 3 rings (SSSR count). The molecular formula is C27H29ClN2O2. The zero-order valence-electron chi connectivity index (χ0n) is 18.3. The number of hydrogen-bond donors (Lipinski definition) is 1. The summed E-state index contributed by atoms with van der Waals surface area (Å²) in [6.07, 6.45) is 1.46. The molecule has 0 aromatic heterocycles. The van der Waals surface area contributed by atoms with Gasteiger partial charge in [-0.15, -0.1) is 0 Å². The van der Waals surface area contributed by atoms with Gasteiger partial charge in [0.15, 0.2) is 0 Å². The number of benzene rings is 3. The summed E-state index contributed by atoms with van der Waals surface area (Å²) < 4.78 is 0. The molecular weight excluding hydrogens is 420 g/mol. The summed E-state index contributed by atoms with van der Waals surface area (Å²) in [7, 11) is 0. The van der Waals surface area contributed by atoms with E-state index in [-0.39, 0.29) is 18.2 Å². The predicted molar refractivity (Wildman–Crippen MR) is 129 cm³/mol. The molecule has 1 atom stereocenters. The quantitative estimate of drug-likeness (QED) is 0.472. The highest BCUT2D eigenvalue weighted by molar-refractivity contribution is 6.30. The molecule has 0 bridgehead atoms. The molecule has 3 aromatic rings. The zero-order valence-corrected chi connectivity index (χ0v) is 19.1. The first-order valence-electron chi connectivity index (χ1n) is 11.0. The second-order valence-corrected chi connectivity index (χ2v) is 8.25. The average molecular weight is 449 g/mol. The first-order chi connectivity index (χ1) is 15.6. The Morgan fingerprint density at radius 1 is 0.875 bits per heavy atom. The number of amides is 2. The fourth-order valence-electron chi connectivity index (χ4n) is 3.62. The molecule has 0 unspecified atom stereocenters. The molecule has 0 fully saturated rings. The number of nitrogens with zero attached hydrogens (tertiary/aromatic N) is 1. The van der Waals surface area contributed by atoms with Gasteiger partial charge in [-0.2, -0.15) is 0 Å². The smallest absolute Gasteiger partial charge is 0.243 e. The monoisotopic (exact) mass is 448 g/mol. The fraction of sp³-hybridized carbons (Fsp3) is 0.259. The van der Waals surface area contributed by atoms with Gasteiger partial charge in [0.2, 0.25) is 11.8 Å². The molecule has 0 spiro atoms. The number of rotatable bonds is 10. The van der Waals surface area contributed by atoms with Gasteiger partial charge in [-0.05, 0) is 35.2 Å². The highest BCUT2D eigenvalue weighted by Crippen LogP contribution is 2.18. The highest BCUT2D eigenvalue weighted by Gasteiger charge is 2.30. The topological polar surface area (TPSA) is 49.4 Å². The molecule has 0 saturated heterocycles. The van der Waals surface area contributed by atoms with E-state index in [2.05, 4.69) is 5.32 Å². The van der Waals surface area contributed by atoms with Crippen LogP contribution >= 0.6 is 11.6 Å². The lowest BCUT2D eigenvalue weighted by molar-refractivity contribution is -0.140. The summed E-state index contributed by atoms with van der Waals surface area (Å²) in [6.45, 7) is 2.95. The lowest BCUT2D eigenvalue weighted by Gasteiger charge is -2.31. The number of halogens is 1. The van der Waals surface area contributed by atoms with Crippen molar-refractivity contribution in [2.24, 2.45) is 0 Å². The molecule has 0 saturated carbocycles. The van der Waals surface area contributed by atoms with Gasteiger partial charge in [0.25, 0.3) is 0 Å². The zero-order chi connectivity index (χ0) is 22.8. The van der Waals surface area contributed by atoms with Gasteiger partial charge in [-0.3, -0.25) is 9.59 Å². The largest absolute Gasteiger partial charge is 0.354 e. The minimum absolute atomic E-state index is 0.108. The molecule has 32 heavy (non-hydrogen) atoms. The summed E-state index contributed by atoms with van der Waals surface area (Å²) in [5.41, 5.74) is 2.82. The molecule has 5 heteroatoms. The lowest BCUT2D eigenvalue weighted by Crippen LogP contribution is -2.51. The molecule has 3 aromatic carbocycles. The first-order valence-corrected chi connectivity index (χ1v) is 11.3. The SMILES string of the molecule is CCCNC(=O)[C@H](Cc1ccccc1)N(Cc1ccccc1)C(=O)Cc1cccc(Cl)c1. The summed E-state index contributed by atoms with van der Waals surface area (Å²) in [5, 5.41) is 3.58. The molecule has 0 aliphatic carbocycles. The van der Waals surface area contributed by atoms with Crippen molar-refractivity contribution < 1.29 is 9.59 Å². The van der Waals surface area contributed by atoms with E-state index in [1.807, 2.05) is 79.7 Å². The summed E-state index contributed by atoms with van der Waals surface area (Å²) >= 11 is 6.13. The second kappa shape index (κ2) is 12.1. The van der Waals surface area contributed by atoms with E-state index in [0.717, 1.165) is 23.1 Å². The van der Waals surface area contributed by atoms with Crippen LogP contribution in [0.4, 0.5) is 0 Å². The van der Waals surface area contributed by atoms with Gasteiger partial charge in [0, 0.05) is 24.5 Å². The van der Waals surface area contributed by atoms with Crippen LogP contribution < -0.4 is 5.32 Å². The van der Waals surface area contributed by atoms with Crippen LogP contribution in [0.5, 0.6) is 0 Å². The third-order valence-electron chi connectivity index (χ3n) is 5.26. The van der Waals surface area contributed by atoms with Crippen LogP contribution in [-0.4, -0.2) is 29.3 Å². The Labute approximate surface area is 195 Å². The maximum absolute atomic E-state index is 13.5. The Balaban J connectivity index is 1.93. The summed E-state index contributed by atoms with van der Waals surface area (Å²) in [6, 6.07) is 26.3. The van der Waals surface area contributed by atoms with Gasteiger partial charge in [0.1, 0.15) is 6.04 Å². The van der Waals surface area contributed by atoms with Crippen LogP contribution in [0, 0.1) is 0 Å². The normalized spacial score (nSPS) is 11.6. The van der Waals surface area contributed by atoms with E-state index in [9.17, 15) is 9.59 Å². The summed E-state index contributed by atoms with van der Waals surface area (Å²) in [5.74, 6) is -0.241. The molecule has 0 heterocycles. The third-order valence-corrected chi connectivity index (χ3v) is 5.50. The van der Waals surface area contributed by atoms with Crippen molar-refractivity contribution in [2.45, 2.75) is 38.8 Å². The molecule has 0 aliphatic heterocycles. The lowest BCUT2D eigenvalue weighted by atomic mass is 10.0. The molecule has 0 radical (unpaired) electrons. The van der Waals surface area contributed by atoms with Crippen LogP contribution in [0.25, 0.3) is 0 Å². The van der Waals surface area contributed by atoms with Crippen LogP contribution in [-0.2, 0) is 29.0 Å². The fourth-order valence-corrected chi connectivity index (χ4v) is 3.84. The third kappa shape index (κ3) is 6.96. The van der Waals surface area contributed by atoms with Gasteiger partial charge in [-0.25, -0.2) is 0 Å². The van der Waals surface area contributed by atoms with Crippen LogP contribution in [0.15, 0.2) is 84.9 Å². The minimum atomic E-state index is -0.615. The molecule has 0 aliphatic rings. The Morgan fingerprint density at radius 3 is 2.12 bits per heavy atom. The average Bonchev–Trinajstić information content (AvgIpc) is 2.81. The standard InChI is InChI=1S/C27H29ClN2O2/c1-2-16-29-27(32)25(18-21-10-5-3-6-11-21)30(20-22-12-7-4-8-13-22)26(31)19-23-14-9-15-24(28)17-23/h3-15,17,25H,2,16,18-20H2,1H3,(H,29,32)/t25-/m0/s1. The maximum Gasteiger partial charge on any atom is 0.243 e. The second-order valence-electron chi connectivity index (χ2n) is 7.81. The molecule has 4 nitrogen and oxygen atoms in total. The Morgan fingerprint density at radius 2 is 1.50 bits per heavy atom. The van der Waals surface area contributed by atoms with Gasteiger partial charge >= 0.3 is 0 Å². The van der Waals surface area contributed by atoms with E-state index in [1.54, 1.807) is 17.0 Å². The van der Waals surface area contributed by atoms with E-state index >= 15 is 0 Å². The van der Waals surface area contributed by atoms with Gasteiger partial charge < -0.3 is 10.2 Å². The minimum Gasteiger partial charge on any atom is -0.354 e. The van der Waals surface area contributed by atoms with E-state index in [4.69, 9.17) is 11.6 Å². The number of carbonyl (C=O) groups is 2. The summed E-state index contributed by atoms with van der Waals surface area (Å²) in [4.78, 5) is 28.5. The number of nitrogens with one attached hydrogen (secondary N) is 1.